The fourth-order valence-electron chi connectivity index (χ4n) is 2.09. The van der Waals surface area contributed by atoms with Crippen LogP contribution in [0.4, 0.5) is 0 Å². The fourth-order valence-corrected chi connectivity index (χ4v) is 2.22. The first-order valence-electron chi connectivity index (χ1n) is 7.23. The molecule has 1 N–H and O–H groups in total. The predicted molar refractivity (Wildman–Crippen MR) is 81.2 cm³/mol. The van der Waals surface area contributed by atoms with E-state index < -0.39 is 0 Å². The molecule has 1 aromatic carbocycles. The topological polar surface area (TPSA) is 12.0 Å². The summed E-state index contributed by atoms with van der Waals surface area (Å²) in [6.45, 7) is 5.57. The van der Waals surface area contributed by atoms with Crippen molar-refractivity contribution in [2.75, 3.05) is 6.54 Å². The summed E-state index contributed by atoms with van der Waals surface area (Å²) < 4.78 is 0. The van der Waals surface area contributed by atoms with Gasteiger partial charge in [0.1, 0.15) is 0 Å². The smallest absolute Gasteiger partial charge is 0.0406 e. The molecule has 1 unspecified atom stereocenters. The molecule has 2 heteroatoms. The summed E-state index contributed by atoms with van der Waals surface area (Å²) in [6.07, 6.45) is 8.11. The van der Waals surface area contributed by atoms with E-state index in [1.807, 2.05) is 12.1 Å². The maximum Gasteiger partial charge on any atom is 0.0406 e. The lowest BCUT2D eigenvalue weighted by Gasteiger charge is -2.14. The van der Waals surface area contributed by atoms with Crippen LogP contribution >= 0.6 is 11.6 Å². The van der Waals surface area contributed by atoms with Crippen molar-refractivity contribution >= 4 is 11.6 Å². The maximum absolute atomic E-state index is 5.88. The third-order valence-corrected chi connectivity index (χ3v) is 3.60. The van der Waals surface area contributed by atoms with Crippen LogP contribution in [-0.2, 0) is 0 Å². The van der Waals surface area contributed by atoms with Gasteiger partial charge in [-0.2, -0.15) is 0 Å². The van der Waals surface area contributed by atoms with Crippen LogP contribution in [0.25, 0.3) is 0 Å². The minimum absolute atomic E-state index is 0.415. The van der Waals surface area contributed by atoms with Gasteiger partial charge in [-0.05, 0) is 37.6 Å². The van der Waals surface area contributed by atoms with Crippen molar-refractivity contribution in [3.05, 3.63) is 34.9 Å². The second-order valence-corrected chi connectivity index (χ2v) is 5.43. The number of benzene rings is 1. The highest BCUT2D eigenvalue weighted by atomic mass is 35.5. The van der Waals surface area contributed by atoms with Crippen LogP contribution < -0.4 is 5.32 Å². The molecule has 0 aliphatic carbocycles. The van der Waals surface area contributed by atoms with Crippen LogP contribution in [0.5, 0.6) is 0 Å². The van der Waals surface area contributed by atoms with Gasteiger partial charge in [0.15, 0.2) is 0 Å². The number of nitrogens with one attached hydrogen (secondary N) is 1. The number of halogens is 1. The minimum Gasteiger partial charge on any atom is -0.310 e. The Bertz CT molecular complexity index is 307. The molecule has 0 amide bonds. The Kier molecular flexibility index (Phi) is 8.11. The largest absolute Gasteiger partial charge is 0.310 e. The van der Waals surface area contributed by atoms with Crippen LogP contribution in [0.15, 0.2) is 24.3 Å². The fraction of sp³-hybridized carbons (Fsp3) is 0.625. The molecule has 0 bridgehead atoms. The summed E-state index contributed by atoms with van der Waals surface area (Å²) in [6, 6.07) is 8.53. The quantitative estimate of drug-likeness (QED) is 0.595. The molecule has 0 spiro atoms. The van der Waals surface area contributed by atoms with Crippen molar-refractivity contribution in [3.63, 3.8) is 0 Å². The first kappa shape index (κ1) is 15.5. The molecule has 1 nitrogen and oxygen atoms in total. The Hall–Kier alpha value is -0.530. The predicted octanol–water partition coefficient (Wildman–Crippen LogP) is 5.35. The highest BCUT2D eigenvalue weighted by Gasteiger charge is 2.03. The monoisotopic (exact) mass is 267 g/mol. The Balaban J connectivity index is 2.10. The third-order valence-electron chi connectivity index (χ3n) is 3.35. The Labute approximate surface area is 117 Å². The van der Waals surface area contributed by atoms with Crippen molar-refractivity contribution in [1.29, 1.82) is 0 Å². The van der Waals surface area contributed by atoms with Gasteiger partial charge in [-0.15, -0.1) is 0 Å². The summed E-state index contributed by atoms with van der Waals surface area (Å²) in [5.41, 5.74) is 1.31. The lowest BCUT2D eigenvalue weighted by Crippen LogP contribution is -2.19. The zero-order chi connectivity index (χ0) is 13.2. The SMILES string of the molecule is CCCCCCCCNC(C)c1ccc(Cl)cc1. The molecule has 102 valence electrons. The van der Waals surface area contributed by atoms with Crippen LogP contribution in [0.2, 0.25) is 5.02 Å². The van der Waals surface area contributed by atoms with Gasteiger partial charge in [-0.1, -0.05) is 62.8 Å². The van der Waals surface area contributed by atoms with E-state index in [2.05, 4.69) is 31.3 Å². The normalized spacial score (nSPS) is 12.6. The van der Waals surface area contributed by atoms with Gasteiger partial charge < -0.3 is 5.32 Å². The molecule has 0 fully saturated rings. The van der Waals surface area contributed by atoms with E-state index in [1.54, 1.807) is 0 Å². The summed E-state index contributed by atoms with van der Waals surface area (Å²) in [5.74, 6) is 0. The Morgan fingerprint density at radius 2 is 1.61 bits per heavy atom. The summed E-state index contributed by atoms with van der Waals surface area (Å²) in [7, 11) is 0. The zero-order valence-corrected chi connectivity index (χ0v) is 12.5. The summed E-state index contributed by atoms with van der Waals surface area (Å²) in [5, 5.41) is 4.37. The molecule has 1 aromatic rings. The van der Waals surface area contributed by atoms with E-state index >= 15 is 0 Å². The van der Waals surface area contributed by atoms with Crippen molar-refractivity contribution in [1.82, 2.24) is 5.32 Å². The average Bonchev–Trinajstić information content (AvgIpc) is 2.38. The van der Waals surface area contributed by atoms with Crippen LogP contribution in [-0.4, -0.2) is 6.54 Å². The summed E-state index contributed by atoms with van der Waals surface area (Å²) >= 11 is 5.88. The lowest BCUT2D eigenvalue weighted by molar-refractivity contribution is 0.527. The van der Waals surface area contributed by atoms with E-state index in [4.69, 9.17) is 11.6 Å². The van der Waals surface area contributed by atoms with E-state index in [-0.39, 0.29) is 0 Å². The van der Waals surface area contributed by atoms with Crippen LogP contribution in [0.3, 0.4) is 0 Å². The number of hydrogen-bond acceptors (Lipinski definition) is 1. The molecule has 1 atom stereocenters. The van der Waals surface area contributed by atoms with E-state index in [0.717, 1.165) is 11.6 Å². The van der Waals surface area contributed by atoms with E-state index in [0.29, 0.717) is 6.04 Å². The van der Waals surface area contributed by atoms with Gasteiger partial charge in [0.2, 0.25) is 0 Å². The number of hydrogen-bond donors (Lipinski definition) is 1. The van der Waals surface area contributed by atoms with Crippen LogP contribution in [0.1, 0.15) is 64.0 Å². The first-order valence-corrected chi connectivity index (χ1v) is 7.60. The number of rotatable bonds is 9. The van der Waals surface area contributed by atoms with Gasteiger partial charge in [0, 0.05) is 11.1 Å². The number of unbranched alkanes of at least 4 members (excludes halogenated alkanes) is 5. The van der Waals surface area contributed by atoms with Crippen molar-refractivity contribution in [2.24, 2.45) is 0 Å². The molecule has 0 aromatic heterocycles. The lowest BCUT2D eigenvalue weighted by atomic mass is 10.1. The molecule has 0 saturated carbocycles. The van der Waals surface area contributed by atoms with Crippen molar-refractivity contribution in [2.45, 2.75) is 58.4 Å². The van der Waals surface area contributed by atoms with Crippen molar-refractivity contribution < 1.29 is 0 Å². The molecular formula is C16H26ClN. The van der Waals surface area contributed by atoms with E-state index in [9.17, 15) is 0 Å². The molecule has 0 aliphatic heterocycles. The van der Waals surface area contributed by atoms with Gasteiger partial charge in [0.25, 0.3) is 0 Å². The van der Waals surface area contributed by atoms with E-state index in [1.165, 1.54) is 44.1 Å². The highest BCUT2D eigenvalue weighted by Crippen LogP contribution is 2.16. The maximum atomic E-state index is 5.88. The molecule has 0 aliphatic rings. The summed E-state index contributed by atoms with van der Waals surface area (Å²) in [4.78, 5) is 0. The van der Waals surface area contributed by atoms with Crippen LogP contribution in [0, 0.1) is 0 Å². The first-order chi connectivity index (χ1) is 8.74. The van der Waals surface area contributed by atoms with Gasteiger partial charge >= 0.3 is 0 Å². The van der Waals surface area contributed by atoms with Crippen molar-refractivity contribution in [3.8, 4) is 0 Å². The Morgan fingerprint density at radius 3 is 2.28 bits per heavy atom. The molecule has 1 rings (SSSR count). The van der Waals surface area contributed by atoms with Gasteiger partial charge in [-0.3, -0.25) is 0 Å². The standard InChI is InChI=1S/C16H26ClN/c1-3-4-5-6-7-8-13-18-14(2)15-9-11-16(17)12-10-15/h9-12,14,18H,3-8,13H2,1-2H3. The molecule has 18 heavy (non-hydrogen) atoms. The van der Waals surface area contributed by atoms with Gasteiger partial charge in [0.05, 0.1) is 0 Å². The molecule has 0 heterocycles. The molecule has 0 saturated heterocycles. The highest BCUT2D eigenvalue weighted by molar-refractivity contribution is 6.30. The second kappa shape index (κ2) is 9.41. The Morgan fingerprint density at radius 1 is 1.00 bits per heavy atom. The van der Waals surface area contributed by atoms with Gasteiger partial charge in [-0.25, -0.2) is 0 Å². The molecular weight excluding hydrogens is 242 g/mol. The molecule has 0 radical (unpaired) electrons. The zero-order valence-electron chi connectivity index (χ0n) is 11.7. The third kappa shape index (κ3) is 6.42. The second-order valence-electron chi connectivity index (χ2n) is 5.00. The average molecular weight is 268 g/mol. The minimum atomic E-state index is 0.415.